The van der Waals surface area contributed by atoms with E-state index in [0.29, 0.717) is 31.2 Å². The average molecular weight is 345 g/mol. The second-order valence-corrected chi connectivity index (χ2v) is 7.37. The van der Waals surface area contributed by atoms with Gasteiger partial charge in [0.05, 0.1) is 5.69 Å². The fourth-order valence-corrected chi connectivity index (χ4v) is 3.58. The smallest absolute Gasteiger partial charge is 0.246 e. The van der Waals surface area contributed by atoms with Gasteiger partial charge in [0.2, 0.25) is 5.91 Å². The number of amides is 1. The molecular formula is C18H23N3O2S. The first-order chi connectivity index (χ1) is 11.4. The predicted molar refractivity (Wildman–Crippen MR) is 97.4 cm³/mol. The maximum Gasteiger partial charge on any atom is 0.246 e. The van der Waals surface area contributed by atoms with Crippen LogP contribution in [-0.2, 0) is 9.53 Å². The highest BCUT2D eigenvalue weighted by Gasteiger charge is 2.36. The Labute approximate surface area is 146 Å². The van der Waals surface area contributed by atoms with Gasteiger partial charge in [-0.2, -0.15) is 0 Å². The van der Waals surface area contributed by atoms with Crippen LogP contribution in [-0.4, -0.2) is 29.6 Å². The fraction of sp³-hybridized carbons (Fsp3) is 0.444. The van der Waals surface area contributed by atoms with E-state index >= 15 is 0 Å². The molecule has 1 aromatic heterocycles. The van der Waals surface area contributed by atoms with Crippen LogP contribution in [0.2, 0.25) is 0 Å². The second-order valence-electron chi connectivity index (χ2n) is 6.51. The van der Waals surface area contributed by atoms with Crippen molar-refractivity contribution in [2.75, 3.05) is 18.5 Å². The average Bonchev–Trinajstić information content (AvgIpc) is 3.00. The number of nitrogens with two attached hydrogens (primary N) is 1. The molecule has 0 aliphatic carbocycles. The molecule has 1 fully saturated rings. The first kappa shape index (κ1) is 17.1. The van der Waals surface area contributed by atoms with Crippen molar-refractivity contribution in [3.8, 4) is 11.3 Å². The summed E-state index contributed by atoms with van der Waals surface area (Å²) in [6.07, 6.45) is 1.07. The number of aryl methyl sites for hydroxylation is 3. The van der Waals surface area contributed by atoms with Crippen LogP contribution in [0.4, 0.5) is 5.13 Å². The van der Waals surface area contributed by atoms with Gasteiger partial charge in [-0.15, -0.1) is 11.3 Å². The number of hydrogen-bond acceptors (Lipinski definition) is 5. The van der Waals surface area contributed by atoms with Crippen molar-refractivity contribution < 1.29 is 9.53 Å². The fourth-order valence-electron chi connectivity index (χ4n) is 2.88. The van der Waals surface area contributed by atoms with Gasteiger partial charge in [0, 0.05) is 24.2 Å². The summed E-state index contributed by atoms with van der Waals surface area (Å²) in [4.78, 5) is 17.1. The van der Waals surface area contributed by atoms with Crippen LogP contribution in [0.1, 0.15) is 29.5 Å². The normalized spacial score (nSPS) is 16.8. The van der Waals surface area contributed by atoms with E-state index in [1.54, 1.807) is 0 Å². The lowest BCUT2D eigenvalue weighted by Gasteiger charge is -2.31. The first-order valence-electron chi connectivity index (χ1n) is 8.11. The number of rotatable bonds is 3. The topological polar surface area (TPSA) is 77.2 Å². The molecule has 1 aliphatic rings. The molecule has 24 heavy (non-hydrogen) atoms. The quantitative estimate of drug-likeness (QED) is 0.896. The van der Waals surface area contributed by atoms with E-state index in [4.69, 9.17) is 10.5 Å². The van der Waals surface area contributed by atoms with Crippen molar-refractivity contribution >= 4 is 22.4 Å². The van der Waals surface area contributed by atoms with Gasteiger partial charge in [-0.3, -0.25) is 4.79 Å². The Morgan fingerprint density at radius 3 is 2.58 bits per heavy atom. The standard InChI is InChI=1S/C18H23N3O2S/c1-11-8-13(3)14(9-12(11)2)15-10-24-17(20-15)21-16(22)18(19)4-6-23-7-5-18/h8-10H,4-7,19H2,1-3H3,(H,20,21,22). The summed E-state index contributed by atoms with van der Waals surface area (Å²) < 4.78 is 5.29. The molecule has 2 heterocycles. The largest absolute Gasteiger partial charge is 0.381 e. The summed E-state index contributed by atoms with van der Waals surface area (Å²) in [6, 6.07) is 4.31. The molecule has 1 aromatic carbocycles. The summed E-state index contributed by atoms with van der Waals surface area (Å²) in [5.41, 5.74) is 11.0. The van der Waals surface area contributed by atoms with Gasteiger partial charge < -0.3 is 15.8 Å². The molecule has 1 amide bonds. The van der Waals surface area contributed by atoms with Gasteiger partial charge in [0.25, 0.3) is 0 Å². The van der Waals surface area contributed by atoms with E-state index in [2.05, 4.69) is 43.2 Å². The predicted octanol–water partition coefficient (Wildman–Crippen LogP) is 3.18. The van der Waals surface area contributed by atoms with Gasteiger partial charge in [0.1, 0.15) is 5.54 Å². The number of thiazole rings is 1. The number of hydrogen-bond donors (Lipinski definition) is 2. The number of aromatic nitrogens is 1. The minimum Gasteiger partial charge on any atom is -0.381 e. The van der Waals surface area contributed by atoms with E-state index in [1.807, 2.05) is 5.38 Å². The van der Waals surface area contributed by atoms with Gasteiger partial charge in [-0.25, -0.2) is 4.98 Å². The van der Waals surface area contributed by atoms with Crippen molar-refractivity contribution in [1.29, 1.82) is 0 Å². The van der Waals surface area contributed by atoms with E-state index in [-0.39, 0.29) is 5.91 Å². The third-order valence-electron chi connectivity index (χ3n) is 4.68. The van der Waals surface area contributed by atoms with Gasteiger partial charge in [-0.1, -0.05) is 6.07 Å². The first-order valence-corrected chi connectivity index (χ1v) is 8.99. The van der Waals surface area contributed by atoms with Crippen molar-refractivity contribution in [3.05, 3.63) is 34.2 Å². The molecule has 0 radical (unpaired) electrons. The monoisotopic (exact) mass is 345 g/mol. The number of nitrogens with zero attached hydrogens (tertiary/aromatic N) is 1. The summed E-state index contributed by atoms with van der Waals surface area (Å²) in [6.45, 7) is 7.32. The number of nitrogens with one attached hydrogen (secondary N) is 1. The van der Waals surface area contributed by atoms with Crippen molar-refractivity contribution in [2.45, 2.75) is 39.2 Å². The molecule has 2 aromatic rings. The molecule has 0 atom stereocenters. The van der Waals surface area contributed by atoms with Crippen LogP contribution < -0.4 is 11.1 Å². The van der Waals surface area contributed by atoms with Gasteiger partial charge in [0.15, 0.2) is 5.13 Å². The Morgan fingerprint density at radius 2 is 1.88 bits per heavy atom. The van der Waals surface area contributed by atoms with E-state index in [9.17, 15) is 4.79 Å². The van der Waals surface area contributed by atoms with Crippen molar-refractivity contribution in [2.24, 2.45) is 5.73 Å². The lowest BCUT2D eigenvalue weighted by molar-refractivity contribution is -0.124. The molecule has 1 aliphatic heterocycles. The summed E-state index contributed by atoms with van der Waals surface area (Å²) in [5, 5.41) is 5.43. The van der Waals surface area contributed by atoms with Crippen LogP contribution in [0, 0.1) is 20.8 Å². The molecule has 6 heteroatoms. The molecule has 0 spiro atoms. The van der Waals surface area contributed by atoms with E-state index in [1.165, 1.54) is 28.0 Å². The highest BCUT2D eigenvalue weighted by atomic mass is 32.1. The number of benzene rings is 1. The van der Waals surface area contributed by atoms with Gasteiger partial charge in [-0.05, 0) is 56.4 Å². The molecule has 0 unspecified atom stereocenters. The molecule has 3 rings (SSSR count). The van der Waals surface area contributed by atoms with Crippen LogP contribution in [0.15, 0.2) is 17.5 Å². The zero-order chi connectivity index (χ0) is 17.3. The minimum absolute atomic E-state index is 0.177. The maximum absolute atomic E-state index is 12.5. The third kappa shape index (κ3) is 3.36. The van der Waals surface area contributed by atoms with Crippen LogP contribution in [0.5, 0.6) is 0 Å². The molecule has 3 N–H and O–H groups in total. The highest BCUT2D eigenvalue weighted by Crippen LogP contribution is 2.30. The van der Waals surface area contributed by atoms with Crippen molar-refractivity contribution in [1.82, 2.24) is 4.98 Å². The Morgan fingerprint density at radius 1 is 1.21 bits per heavy atom. The highest BCUT2D eigenvalue weighted by molar-refractivity contribution is 7.14. The van der Waals surface area contributed by atoms with Crippen molar-refractivity contribution in [3.63, 3.8) is 0 Å². The molecule has 128 valence electrons. The summed E-state index contributed by atoms with van der Waals surface area (Å²) in [7, 11) is 0. The zero-order valence-electron chi connectivity index (χ0n) is 14.3. The number of ether oxygens (including phenoxy) is 1. The minimum atomic E-state index is -0.861. The van der Waals surface area contributed by atoms with Gasteiger partial charge >= 0.3 is 0 Å². The Balaban J connectivity index is 1.79. The lowest BCUT2D eigenvalue weighted by Crippen LogP contribution is -2.54. The summed E-state index contributed by atoms with van der Waals surface area (Å²) >= 11 is 1.42. The number of carbonyl (C=O) groups is 1. The molecule has 5 nitrogen and oxygen atoms in total. The Kier molecular flexibility index (Phi) is 4.71. The van der Waals surface area contributed by atoms with Crippen LogP contribution in [0.25, 0.3) is 11.3 Å². The SMILES string of the molecule is Cc1cc(C)c(-c2csc(NC(=O)C3(N)CCOCC3)n2)cc1C. The summed E-state index contributed by atoms with van der Waals surface area (Å²) in [5.74, 6) is -0.177. The van der Waals surface area contributed by atoms with E-state index in [0.717, 1.165) is 11.3 Å². The number of anilines is 1. The lowest BCUT2D eigenvalue weighted by atomic mass is 9.90. The van der Waals surface area contributed by atoms with Crippen LogP contribution in [0.3, 0.4) is 0 Å². The zero-order valence-corrected chi connectivity index (χ0v) is 15.1. The maximum atomic E-state index is 12.5. The molecular weight excluding hydrogens is 322 g/mol. The number of carbonyl (C=O) groups excluding carboxylic acids is 1. The molecule has 0 bridgehead atoms. The molecule has 1 saturated heterocycles. The third-order valence-corrected chi connectivity index (χ3v) is 5.44. The Hall–Kier alpha value is -1.76. The van der Waals surface area contributed by atoms with E-state index < -0.39 is 5.54 Å². The molecule has 0 saturated carbocycles. The van der Waals surface area contributed by atoms with Crippen LogP contribution >= 0.6 is 11.3 Å². The Bertz CT molecular complexity index is 764. The second kappa shape index (κ2) is 6.63.